The SMILES string of the molecule is C=CCN(C(=O)C1N([C@H](CO)c2ccccc2)C(=O)[C@@H]2[C@@H](C(=O)O)[C@@]3(CC)CCC12O3)c1cc(C)ccc1C. The van der Waals surface area contributed by atoms with Crippen molar-refractivity contribution < 1.29 is 29.3 Å². The van der Waals surface area contributed by atoms with E-state index in [0.717, 1.165) is 11.1 Å². The van der Waals surface area contributed by atoms with Gasteiger partial charge in [0.15, 0.2) is 0 Å². The predicted octanol–water partition coefficient (Wildman–Crippen LogP) is 3.80. The molecule has 1 spiro atoms. The zero-order valence-electron chi connectivity index (χ0n) is 22.7. The van der Waals surface area contributed by atoms with Crippen molar-refractivity contribution in [2.45, 2.75) is 63.3 Å². The fraction of sp³-hybridized carbons (Fsp3) is 0.452. The number of aryl methyl sites for hydroxylation is 2. The first-order valence-electron chi connectivity index (χ1n) is 13.6. The van der Waals surface area contributed by atoms with Crippen LogP contribution in [0.5, 0.6) is 0 Å². The number of nitrogens with zero attached hydrogens (tertiary/aromatic N) is 2. The number of carbonyl (C=O) groups excluding carboxylic acids is 2. The van der Waals surface area contributed by atoms with E-state index in [2.05, 4.69) is 6.58 Å². The van der Waals surface area contributed by atoms with E-state index < -0.39 is 53.6 Å². The van der Waals surface area contributed by atoms with Gasteiger partial charge in [0.2, 0.25) is 5.91 Å². The Morgan fingerprint density at radius 2 is 1.92 bits per heavy atom. The first-order valence-corrected chi connectivity index (χ1v) is 13.6. The van der Waals surface area contributed by atoms with Crippen LogP contribution in [0.2, 0.25) is 0 Å². The number of carboxylic acids is 1. The molecule has 3 aliphatic rings. The number of aliphatic carboxylic acids is 1. The van der Waals surface area contributed by atoms with Gasteiger partial charge < -0.3 is 24.7 Å². The fourth-order valence-electron chi connectivity index (χ4n) is 7.27. The number of aliphatic hydroxyl groups excluding tert-OH is 1. The summed E-state index contributed by atoms with van der Waals surface area (Å²) in [5.41, 5.74) is 0.885. The number of rotatable bonds is 9. The quantitative estimate of drug-likeness (QED) is 0.476. The van der Waals surface area contributed by atoms with E-state index >= 15 is 0 Å². The second-order valence-corrected chi connectivity index (χ2v) is 11.1. The summed E-state index contributed by atoms with van der Waals surface area (Å²) in [4.78, 5) is 44.8. The van der Waals surface area contributed by atoms with Crippen LogP contribution in [0.3, 0.4) is 0 Å². The molecule has 3 aliphatic heterocycles. The van der Waals surface area contributed by atoms with E-state index in [1.165, 1.54) is 4.90 Å². The molecule has 206 valence electrons. The zero-order chi connectivity index (χ0) is 28.1. The number of hydrogen-bond acceptors (Lipinski definition) is 5. The van der Waals surface area contributed by atoms with Crippen molar-refractivity contribution in [3.05, 3.63) is 77.9 Å². The van der Waals surface area contributed by atoms with E-state index in [9.17, 15) is 24.6 Å². The highest BCUT2D eigenvalue weighted by Gasteiger charge is 2.79. The number of carbonyl (C=O) groups is 3. The summed E-state index contributed by atoms with van der Waals surface area (Å²) in [6.45, 7) is 9.37. The second kappa shape index (κ2) is 9.92. The third-order valence-electron chi connectivity index (χ3n) is 9.04. The summed E-state index contributed by atoms with van der Waals surface area (Å²) in [5, 5.41) is 21.0. The topological polar surface area (TPSA) is 107 Å². The van der Waals surface area contributed by atoms with Gasteiger partial charge in [-0.05, 0) is 55.9 Å². The van der Waals surface area contributed by atoms with Crippen LogP contribution >= 0.6 is 0 Å². The van der Waals surface area contributed by atoms with Crippen molar-refractivity contribution in [3.8, 4) is 0 Å². The normalized spacial score (nSPS) is 29.8. The number of aliphatic hydroxyl groups is 1. The molecule has 39 heavy (non-hydrogen) atoms. The first-order chi connectivity index (χ1) is 18.7. The van der Waals surface area contributed by atoms with Crippen LogP contribution in [-0.2, 0) is 19.1 Å². The molecule has 8 nitrogen and oxygen atoms in total. The third-order valence-corrected chi connectivity index (χ3v) is 9.04. The number of amides is 2. The summed E-state index contributed by atoms with van der Waals surface area (Å²) >= 11 is 0. The summed E-state index contributed by atoms with van der Waals surface area (Å²) in [5.74, 6) is -4.03. The van der Waals surface area contributed by atoms with Gasteiger partial charge in [-0.2, -0.15) is 0 Å². The van der Waals surface area contributed by atoms with Gasteiger partial charge in [-0.15, -0.1) is 6.58 Å². The van der Waals surface area contributed by atoms with Gasteiger partial charge in [0, 0.05) is 12.2 Å². The molecule has 3 heterocycles. The Balaban J connectivity index is 1.70. The van der Waals surface area contributed by atoms with E-state index in [4.69, 9.17) is 4.74 Å². The number of fused-ring (bicyclic) bond motifs is 1. The molecule has 0 aromatic heterocycles. The summed E-state index contributed by atoms with van der Waals surface area (Å²) in [7, 11) is 0. The smallest absolute Gasteiger partial charge is 0.310 e. The van der Waals surface area contributed by atoms with Gasteiger partial charge in [-0.1, -0.05) is 55.5 Å². The maximum atomic E-state index is 14.8. The fourth-order valence-corrected chi connectivity index (χ4v) is 7.27. The average molecular weight is 533 g/mol. The number of benzene rings is 2. The van der Waals surface area contributed by atoms with E-state index in [1.54, 1.807) is 23.1 Å². The molecule has 8 heteroatoms. The van der Waals surface area contributed by atoms with Crippen LogP contribution in [0.4, 0.5) is 5.69 Å². The van der Waals surface area contributed by atoms with Crippen molar-refractivity contribution in [1.82, 2.24) is 4.90 Å². The van der Waals surface area contributed by atoms with Gasteiger partial charge in [-0.3, -0.25) is 14.4 Å². The summed E-state index contributed by atoms with van der Waals surface area (Å²) in [6.07, 6.45) is 2.89. The van der Waals surface area contributed by atoms with Crippen LogP contribution in [-0.4, -0.2) is 63.3 Å². The van der Waals surface area contributed by atoms with Crippen LogP contribution in [0.25, 0.3) is 0 Å². The van der Waals surface area contributed by atoms with Gasteiger partial charge >= 0.3 is 5.97 Å². The Hall–Kier alpha value is -3.49. The number of hydrogen-bond donors (Lipinski definition) is 2. The highest BCUT2D eigenvalue weighted by atomic mass is 16.5. The largest absolute Gasteiger partial charge is 0.481 e. The second-order valence-electron chi connectivity index (χ2n) is 11.1. The molecule has 0 aliphatic carbocycles. The highest BCUT2D eigenvalue weighted by molar-refractivity contribution is 6.05. The Morgan fingerprint density at radius 3 is 2.54 bits per heavy atom. The molecule has 0 radical (unpaired) electrons. The van der Waals surface area contributed by atoms with Crippen LogP contribution in [0.1, 0.15) is 48.9 Å². The molecule has 3 fully saturated rings. The first kappa shape index (κ1) is 27.1. The van der Waals surface area contributed by atoms with E-state index in [0.29, 0.717) is 30.5 Å². The van der Waals surface area contributed by atoms with Gasteiger partial charge in [0.05, 0.1) is 24.2 Å². The van der Waals surface area contributed by atoms with Gasteiger partial charge in [0.25, 0.3) is 5.91 Å². The molecule has 2 N–H and O–H groups in total. The minimum Gasteiger partial charge on any atom is -0.481 e. The Bertz CT molecular complexity index is 1310. The lowest BCUT2D eigenvalue weighted by atomic mass is 9.65. The summed E-state index contributed by atoms with van der Waals surface area (Å²) in [6, 6.07) is 12.9. The van der Waals surface area contributed by atoms with Crippen molar-refractivity contribution in [2.24, 2.45) is 11.8 Å². The molecule has 2 bridgehead atoms. The Kier molecular flexibility index (Phi) is 6.89. The molecule has 6 atom stereocenters. The van der Waals surface area contributed by atoms with Crippen molar-refractivity contribution in [3.63, 3.8) is 0 Å². The third kappa shape index (κ3) is 3.92. The lowest BCUT2D eigenvalue weighted by molar-refractivity contribution is -0.157. The van der Waals surface area contributed by atoms with E-state index in [-0.39, 0.29) is 12.5 Å². The van der Waals surface area contributed by atoms with Gasteiger partial charge in [0.1, 0.15) is 17.6 Å². The number of ether oxygens (including phenoxy) is 1. The van der Waals surface area contributed by atoms with Crippen molar-refractivity contribution in [2.75, 3.05) is 18.1 Å². The van der Waals surface area contributed by atoms with Crippen LogP contribution in [0, 0.1) is 25.7 Å². The zero-order valence-corrected chi connectivity index (χ0v) is 22.7. The average Bonchev–Trinajstić information content (AvgIpc) is 3.53. The highest BCUT2D eigenvalue weighted by Crippen LogP contribution is 2.65. The molecular weight excluding hydrogens is 496 g/mol. The Morgan fingerprint density at radius 1 is 1.21 bits per heavy atom. The molecule has 2 aromatic rings. The van der Waals surface area contributed by atoms with Crippen LogP contribution in [0.15, 0.2) is 61.2 Å². The molecular formula is C31H36N2O6. The number of anilines is 1. The molecule has 0 saturated carbocycles. The molecule has 3 saturated heterocycles. The lowest BCUT2D eigenvalue weighted by Gasteiger charge is -2.40. The molecule has 5 rings (SSSR count). The monoisotopic (exact) mass is 532 g/mol. The van der Waals surface area contributed by atoms with Crippen molar-refractivity contribution >= 4 is 23.5 Å². The molecule has 2 amide bonds. The standard InChI is InChI=1S/C31H36N2O6/c1-5-16-32(22-17-19(3)12-13-20(22)4)28(36)26-31-15-14-30(6-2,39-31)25(29(37)38)24(31)27(35)33(26)23(18-34)21-10-8-7-9-11-21/h5,7-13,17,23-26,34H,1,6,14-16,18H2,2-4H3,(H,37,38)/t23-,24+,25+,26?,30-,31?/m1/s1. The number of carboxylic acid groups (broad SMARTS) is 1. The minimum atomic E-state index is -1.31. The maximum absolute atomic E-state index is 14.8. The molecule has 2 unspecified atom stereocenters. The number of likely N-dealkylation sites (tertiary alicyclic amines) is 1. The Labute approximate surface area is 228 Å². The molecule has 2 aromatic carbocycles. The van der Waals surface area contributed by atoms with Gasteiger partial charge in [-0.25, -0.2) is 0 Å². The van der Waals surface area contributed by atoms with Crippen LogP contribution < -0.4 is 4.90 Å². The lowest BCUT2D eigenvalue weighted by Crippen LogP contribution is -2.57. The van der Waals surface area contributed by atoms with E-state index in [1.807, 2.05) is 57.2 Å². The predicted molar refractivity (Wildman–Crippen MR) is 146 cm³/mol. The maximum Gasteiger partial charge on any atom is 0.310 e. The minimum absolute atomic E-state index is 0.193. The summed E-state index contributed by atoms with van der Waals surface area (Å²) < 4.78 is 6.68. The van der Waals surface area contributed by atoms with Crippen molar-refractivity contribution in [1.29, 1.82) is 0 Å².